The van der Waals surface area contributed by atoms with Crippen molar-refractivity contribution < 1.29 is 4.79 Å². The largest absolute Gasteiger partial charge is 0.294 e. The Balaban J connectivity index is 3.21. The Bertz CT molecular complexity index is 457. The van der Waals surface area contributed by atoms with Crippen LogP contribution in [-0.4, -0.2) is 19.5 Å². The molecule has 0 aliphatic heterocycles. The summed E-state index contributed by atoms with van der Waals surface area (Å²) in [7, 11) is -1.88. The Labute approximate surface area is 115 Å². The van der Waals surface area contributed by atoms with Crippen LogP contribution in [0.25, 0.3) is 10.4 Å². The van der Waals surface area contributed by atoms with Gasteiger partial charge in [0.2, 0.25) is 0 Å². The van der Waals surface area contributed by atoms with Gasteiger partial charge in [-0.25, -0.2) is 0 Å². The molecule has 1 unspecified atom stereocenters. The van der Waals surface area contributed by atoms with Crippen molar-refractivity contribution in [3.63, 3.8) is 0 Å². The summed E-state index contributed by atoms with van der Waals surface area (Å²) in [6.45, 7) is 6.33. The molecule has 0 bridgehead atoms. The standard InChI is InChI=1S/C14H21N3OSi/c1-4-19(5-2,6-3)14(16-17-15)13(18)12-10-8-7-9-11-12/h7-11,14H,4-6H2,1-3H3. The predicted molar refractivity (Wildman–Crippen MR) is 80.9 cm³/mol. The molecule has 1 rings (SSSR count). The van der Waals surface area contributed by atoms with Crippen LogP contribution in [0.4, 0.5) is 0 Å². The number of hydrogen-bond donors (Lipinski definition) is 0. The fraction of sp³-hybridized carbons (Fsp3) is 0.500. The first kappa shape index (κ1) is 15.5. The summed E-state index contributed by atoms with van der Waals surface area (Å²) in [5.74, 6) is -0.0179. The van der Waals surface area contributed by atoms with Gasteiger partial charge in [0.25, 0.3) is 0 Å². The van der Waals surface area contributed by atoms with Crippen LogP contribution >= 0.6 is 0 Å². The van der Waals surface area contributed by atoms with Gasteiger partial charge in [-0.05, 0) is 5.53 Å². The summed E-state index contributed by atoms with van der Waals surface area (Å²) in [4.78, 5) is 15.6. The third-order valence-electron chi connectivity index (χ3n) is 4.17. The van der Waals surface area contributed by atoms with Crippen molar-refractivity contribution in [2.45, 2.75) is 44.6 Å². The van der Waals surface area contributed by atoms with Crippen molar-refractivity contribution in [1.29, 1.82) is 0 Å². The van der Waals surface area contributed by atoms with E-state index >= 15 is 0 Å². The molecule has 102 valence electrons. The lowest BCUT2D eigenvalue weighted by Gasteiger charge is -2.33. The van der Waals surface area contributed by atoms with Gasteiger partial charge in [-0.3, -0.25) is 4.79 Å². The first-order valence-electron chi connectivity index (χ1n) is 6.78. The van der Waals surface area contributed by atoms with Crippen LogP contribution < -0.4 is 0 Å². The first-order chi connectivity index (χ1) is 9.15. The molecule has 1 aromatic rings. The average molecular weight is 275 g/mol. The van der Waals surface area contributed by atoms with E-state index in [1.54, 1.807) is 12.1 Å². The third-order valence-corrected chi connectivity index (χ3v) is 9.93. The molecule has 5 heteroatoms. The molecule has 0 aliphatic rings. The molecule has 1 aromatic carbocycles. The minimum absolute atomic E-state index is 0.0179. The Morgan fingerprint density at radius 1 is 1.21 bits per heavy atom. The van der Waals surface area contributed by atoms with Crippen molar-refractivity contribution in [3.8, 4) is 0 Å². The molecule has 0 N–H and O–H groups in total. The average Bonchev–Trinajstić information content (AvgIpc) is 2.48. The maximum atomic E-state index is 12.6. The van der Waals surface area contributed by atoms with Gasteiger partial charge in [0.1, 0.15) is 0 Å². The second-order valence-corrected chi connectivity index (χ2v) is 10.2. The van der Waals surface area contributed by atoms with Gasteiger partial charge in [0.15, 0.2) is 5.78 Å². The van der Waals surface area contributed by atoms with Crippen LogP contribution in [0.3, 0.4) is 0 Å². The summed E-state index contributed by atoms with van der Waals surface area (Å²) < 4.78 is 0. The van der Waals surface area contributed by atoms with Gasteiger partial charge >= 0.3 is 0 Å². The number of nitrogens with zero attached hydrogens (tertiary/aromatic N) is 3. The van der Waals surface area contributed by atoms with E-state index in [4.69, 9.17) is 5.53 Å². The molecule has 0 radical (unpaired) electrons. The fourth-order valence-corrected chi connectivity index (χ4v) is 6.27. The van der Waals surface area contributed by atoms with Crippen molar-refractivity contribution >= 4 is 13.9 Å². The van der Waals surface area contributed by atoms with E-state index in [1.165, 1.54) is 0 Å². The minimum Gasteiger partial charge on any atom is -0.294 e. The first-order valence-corrected chi connectivity index (χ1v) is 9.48. The zero-order valence-corrected chi connectivity index (χ0v) is 12.8. The summed E-state index contributed by atoms with van der Waals surface area (Å²) in [6.07, 6.45) is 0. The third kappa shape index (κ3) is 3.25. The Kier molecular flexibility index (Phi) is 5.80. The van der Waals surface area contributed by atoms with E-state index in [1.807, 2.05) is 18.2 Å². The fourth-order valence-electron chi connectivity index (χ4n) is 2.59. The lowest BCUT2D eigenvalue weighted by molar-refractivity contribution is 0.0984. The van der Waals surface area contributed by atoms with E-state index < -0.39 is 13.7 Å². The van der Waals surface area contributed by atoms with Gasteiger partial charge in [0.05, 0.1) is 13.7 Å². The Morgan fingerprint density at radius 2 is 1.74 bits per heavy atom. The van der Waals surface area contributed by atoms with Crippen LogP contribution in [0.5, 0.6) is 0 Å². The van der Waals surface area contributed by atoms with E-state index in [2.05, 4.69) is 30.8 Å². The highest BCUT2D eigenvalue weighted by Crippen LogP contribution is 2.29. The summed E-state index contributed by atoms with van der Waals surface area (Å²) >= 11 is 0. The molecule has 0 heterocycles. The number of ketones is 1. The van der Waals surface area contributed by atoms with E-state index in [0.29, 0.717) is 5.56 Å². The van der Waals surface area contributed by atoms with Gasteiger partial charge in [-0.1, -0.05) is 74.3 Å². The topological polar surface area (TPSA) is 65.8 Å². The van der Waals surface area contributed by atoms with Crippen LogP contribution in [0.2, 0.25) is 18.1 Å². The highest BCUT2D eigenvalue weighted by molar-refractivity contribution is 6.84. The number of rotatable bonds is 7. The Morgan fingerprint density at radius 3 is 2.16 bits per heavy atom. The summed E-state index contributed by atoms with van der Waals surface area (Å²) in [6, 6.07) is 12.0. The van der Waals surface area contributed by atoms with Crippen molar-refractivity contribution in [3.05, 3.63) is 46.3 Å². The summed E-state index contributed by atoms with van der Waals surface area (Å²) in [5, 5.41) is 3.88. The molecule has 0 aliphatic carbocycles. The number of carbonyl (C=O) groups is 1. The maximum Gasteiger partial charge on any atom is 0.169 e. The van der Waals surface area contributed by atoms with Crippen molar-refractivity contribution in [2.75, 3.05) is 0 Å². The van der Waals surface area contributed by atoms with Crippen molar-refractivity contribution in [1.82, 2.24) is 0 Å². The van der Waals surface area contributed by atoms with Gasteiger partial charge < -0.3 is 0 Å². The van der Waals surface area contributed by atoms with E-state index in [9.17, 15) is 4.79 Å². The molecule has 19 heavy (non-hydrogen) atoms. The lowest BCUT2D eigenvalue weighted by atomic mass is 10.1. The number of Topliss-reactive ketones (excluding diaryl/α,β-unsaturated/α-hetero) is 1. The zero-order valence-electron chi connectivity index (χ0n) is 11.8. The van der Waals surface area contributed by atoms with Crippen LogP contribution in [0.15, 0.2) is 35.4 Å². The molecule has 0 saturated carbocycles. The van der Waals surface area contributed by atoms with Crippen molar-refractivity contribution in [2.24, 2.45) is 5.11 Å². The quantitative estimate of drug-likeness (QED) is 0.236. The van der Waals surface area contributed by atoms with Gasteiger partial charge in [-0.2, -0.15) is 0 Å². The monoisotopic (exact) mass is 275 g/mol. The molecular formula is C14H21N3OSi. The molecule has 0 aromatic heterocycles. The SMILES string of the molecule is CC[Si](CC)(CC)C(N=[N+]=[N-])C(=O)c1ccccc1. The molecule has 1 atom stereocenters. The highest BCUT2D eigenvalue weighted by Gasteiger charge is 2.40. The van der Waals surface area contributed by atoms with Crippen LogP contribution in [-0.2, 0) is 0 Å². The lowest BCUT2D eigenvalue weighted by Crippen LogP contribution is -2.49. The van der Waals surface area contributed by atoms with E-state index in [0.717, 1.165) is 18.1 Å². The van der Waals surface area contributed by atoms with Crippen LogP contribution in [0, 0.1) is 0 Å². The number of hydrogen-bond acceptors (Lipinski definition) is 2. The number of benzene rings is 1. The second-order valence-electron chi connectivity index (χ2n) is 4.76. The maximum absolute atomic E-state index is 12.6. The Hall–Kier alpha value is -1.58. The second kappa shape index (κ2) is 7.12. The smallest absolute Gasteiger partial charge is 0.169 e. The van der Waals surface area contributed by atoms with Gasteiger partial charge in [0, 0.05) is 10.5 Å². The van der Waals surface area contributed by atoms with Gasteiger partial charge in [-0.15, -0.1) is 0 Å². The zero-order chi connectivity index (χ0) is 14.3. The molecular weight excluding hydrogens is 254 g/mol. The molecule has 4 nitrogen and oxygen atoms in total. The predicted octanol–water partition coefficient (Wildman–Crippen LogP) is 4.60. The molecule has 0 fully saturated rings. The number of carbonyl (C=O) groups excluding carboxylic acids is 1. The number of azide groups is 1. The minimum atomic E-state index is -1.88. The normalized spacial score (nSPS) is 12.6. The molecule has 0 spiro atoms. The van der Waals surface area contributed by atoms with Crippen LogP contribution in [0.1, 0.15) is 31.1 Å². The summed E-state index contributed by atoms with van der Waals surface area (Å²) in [5.41, 5.74) is 8.97. The van der Waals surface area contributed by atoms with E-state index in [-0.39, 0.29) is 5.78 Å². The molecule has 0 amide bonds. The highest BCUT2D eigenvalue weighted by atomic mass is 28.3. The molecule has 0 saturated heterocycles.